The highest BCUT2D eigenvalue weighted by molar-refractivity contribution is 5.92. The average Bonchev–Trinajstić information content (AvgIpc) is 3.26. The van der Waals surface area contributed by atoms with E-state index in [4.69, 9.17) is 4.42 Å². The van der Waals surface area contributed by atoms with Gasteiger partial charge in [-0.2, -0.15) is 0 Å². The number of furan rings is 1. The van der Waals surface area contributed by atoms with E-state index in [2.05, 4.69) is 15.6 Å². The van der Waals surface area contributed by atoms with Crippen LogP contribution >= 0.6 is 0 Å². The predicted octanol–water partition coefficient (Wildman–Crippen LogP) is 2.37. The Kier molecular flexibility index (Phi) is 6.99. The van der Waals surface area contributed by atoms with Gasteiger partial charge in [-0.3, -0.25) is 14.4 Å². The van der Waals surface area contributed by atoms with Crippen LogP contribution in [0.15, 0.2) is 41.1 Å². The third-order valence-electron chi connectivity index (χ3n) is 4.98. The first-order chi connectivity index (χ1) is 14.0. The van der Waals surface area contributed by atoms with Crippen LogP contribution in [0, 0.1) is 12.8 Å². The number of carbonyl (C=O) groups is 3. The number of nitrogens with one attached hydrogen (secondary N) is 2. The number of carbonyl (C=O) groups excluding carboxylic acids is 3. The zero-order chi connectivity index (χ0) is 20.6. The molecule has 0 spiro atoms. The van der Waals surface area contributed by atoms with E-state index in [-0.39, 0.29) is 29.4 Å². The van der Waals surface area contributed by atoms with Crippen molar-refractivity contribution in [1.29, 1.82) is 0 Å². The van der Waals surface area contributed by atoms with Crippen LogP contribution in [0.5, 0.6) is 0 Å². The summed E-state index contributed by atoms with van der Waals surface area (Å²) in [6, 6.07) is 6.96. The second-order valence-corrected chi connectivity index (χ2v) is 7.20. The fourth-order valence-electron chi connectivity index (χ4n) is 3.32. The minimum atomic E-state index is -0.280. The molecule has 8 nitrogen and oxygen atoms in total. The fourth-order valence-corrected chi connectivity index (χ4v) is 3.32. The SMILES string of the molecule is Cc1ccnc(NC(=O)C2CCN(C(=O)CCCNC(=O)c3ccco3)CC2)c1. The number of hydrogen-bond acceptors (Lipinski definition) is 5. The van der Waals surface area contributed by atoms with Crippen molar-refractivity contribution in [2.24, 2.45) is 5.92 Å². The molecule has 29 heavy (non-hydrogen) atoms. The summed E-state index contributed by atoms with van der Waals surface area (Å²) in [5, 5.41) is 5.59. The molecule has 2 aromatic heterocycles. The van der Waals surface area contributed by atoms with E-state index in [0.29, 0.717) is 51.1 Å². The van der Waals surface area contributed by atoms with Crippen molar-refractivity contribution in [3.8, 4) is 0 Å². The Morgan fingerprint density at radius 3 is 2.72 bits per heavy atom. The van der Waals surface area contributed by atoms with E-state index in [1.807, 2.05) is 19.1 Å². The Balaban J connectivity index is 1.34. The van der Waals surface area contributed by atoms with Crippen molar-refractivity contribution >= 4 is 23.5 Å². The van der Waals surface area contributed by atoms with Gasteiger partial charge in [-0.05, 0) is 56.0 Å². The van der Waals surface area contributed by atoms with Gasteiger partial charge in [0.1, 0.15) is 5.82 Å². The number of hydrogen-bond donors (Lipinski definition) is 2. The number of piperidine rings is 1. The summed E-state index contributed by atoms with van der Waals surface area (Å²) in [5.74, 6) is 0.432. The zero-order valence-corrected chi connectivity index (χ0v) is 16.5. The lowest BCUT2D eigenvalue weighted by molar-refractivity contribution is -0.134. The highest BCUT2D eigenvalue weighted by Crippen LogP contribution is 2.20. The molecule has 0 radical (unpaired) electrons. The Hall–Kier alpha value is -3.16. The molecule has 1 aliphatic rings. The smallest absolute Gasteiger partial charge is 0.286 e. The van der Waals surface area contributed by atoms with Gasteiger partial charge in [0.15, 0.2) is 5.76 Å². The highest BCUT2D eigenvalue weighted by Gasteiger charge is 2.27. The molecule has 0 aromatic carbocycles. The number of amides is 3. The second-order valence-electron chi connectivity index (χ2n) is 7.20. The monoisotopic (exact) mass is 398 g/mol. The summed E-state index contributed by atoms with van der Waals surface area (Å²) >= 11 is 0. The summed E-state index contributed by atoms with van der Waals surface area (Å²) in [5.41, 5.74) is 1.04. The first kappa shape index (κ1) is 20.6. The minimum absolute atomic E-state index is 0.0455. The molecule has 0 atom stereocenters. The molecular formula is C21H26N4O4. The van der Waals surface area contributed by atoms with Crippen molar-refractivity contribution in [2.75, 3.05) is 25.0 Å². The summed E-state index contributed by atoms with van der Waals surface area (Å²) in [6.45, 7) is 3.49. The van der Waals surface area contributed by atoms with Crippen LogP contribution in [-0.4, -0.2) is 47.2 Å². The zero-order valence-electron chi connectivity index (χ0n) is 16.5. The summed E-state index contributed by atoms with van der Waals surface area (Å²) in [6.07, 6.45) is 5.31. The number of anilines is 1. The van der Waals surface area contributed by atoms with Gasteiger partial charge < -0.3 is 20.0 Å². The quantitative estimate of drug-likeness (QED) is 0.697. The lowest BCUT2D eigenvalue weighted by atomic mass is 9.95. The first-order valence-electron chi connectivity index (χ1n) is 9.86. The minimum Gasteiger partial charge on any atom is -0.459 e. The van der Waals surface area contributed by atoms with E-state index < -0.39 is 0 Å². The van der Waals surface area contributed by atoms with Gasteiger partial charge in [0, 0.05) is 38.2 Å². The van der Waals surface area contributed by atoms with E-state index >= 15 is 0 Å². The summed E-state index contributed by atoms with van der Waals surface area (Å²) < 4.78 is 5.02. The predicted molar refractivity (Wildman–Crippen MR) is 107 cm³/mol. The van der Waals surface area contributed by atoms with Crippen molar-refractivity contribution in [1.82, 2.24) is 15.2 Å². The lowest BCUT2D eigenvalue weighted by Gasteiger charge is -2.31. The molecule has 1 aliphatic heterocycles. The molecular weight excluding hydrogens is 372 g/mol. The van der Waals surface area contributed by atoms with Crippen LogP contribution in [0.3, 0.4) is 0 Å². The molecule has 154 valence electrons. The molecule has 3 rings (SSSR count). The standard InChI is InChI=1S/C21H26N4O4/c1-15-6-10-22-18(14-15)24-20(27)16-7-11-25(12-8-16)19(26)5-2-9-23-21(28)17-4-3-13-29-17/h3-4,6,10,13-14,16H,2,5,7-9,11-12H2,1H3,(H,23,28)(H,22,24,27). The maximum Gasteiger partial charge on any atom is 0.286 e. The van der Waals surface area contributed by atoms with Gasteiger partial charge in [-0.1, -0.05) is 0 Å². The fraction of sp³-hybridized carbons (Fsp3) is 0.429. The molecule has 8 heteroatoms. The van der Waals surface area contributed by atoms with Crippen molar-refractivity contribution in [3.05, 3.63) is 48.0 Å². The Morgan fingerprint density at radius 2 is 2.03 bits per heavy atom. The van der Waals surface area contributed by atoms with Crippen LogP contribution in [0.25, 0.3) is 0 Å². The van der Waals surface area contributed by atoms with Crippen LogP contribution in [0.4, 0.5) is 5.82 Å². The molecule has 3 heterocycles. The number of aryl methyl sites for hydroxylation is 1. The normalized spacial score (nSPS) is 14.4. The van der Waals surface area contributed by atoms with Crippen molar-refractivity contribution < 1.29 is 18.8 Å². The number of aromatic nitrogens is 1. The van der Waals surface area contributed by atoms with Gasteiger partial charge in [0.25, 0.3) is 5.91 Å². The van der Waals surface area contributed by atoms with Crippen LogP contribution in [0.1, 0.15) is 41.8 Å². The third-order valence-corrected chi connectivity index (χ3v) is 4.98. The van der Waals surface area contributed by atoms with Crippen LogP contribution in [-0.2, 0) is 9.59 Å². The Morgan fingerprint density at radius 1 is 1.24 bits per heavy atom. The summed E-state index contributed by atoms with van der Waals surface area (Å²) in [4.78, 5) is 42.5. The van der Waals surface area contributed by atoms with Crippen molar-refractivity contribution in [2.45, 2.75) is 32.6 Å². The van der Waals surface area contributed by atoms with Gasteiger partial charge >= 0.3 is 0 Å². The number of nitrogens with zero attached hydrogens (tertiary/aromatic N) is 2. The number of pyridine rings is 1. The molecule has 2 N–H and O–H groups in total. The molecule has 3 amide bonds. The molecule has 0 aliphatic carbocycles. The first-order valence-corrected chi connectivity index (χ1v) is 9.86. The maximum absolute atomic E-state index is 12.4. The number of likely N-dealkylation sites (tertiary alicyclic amines) is 1. The molecule has 1 saturated heterocycles. The molecule has 0 bridgehead atoms. The number of rotatable bonds is 7. The van der Waals surface area contributed by atoms with E-state index in [1.165, 1.54) is 6.26 Å². The molecule has 0 unspecified atom stereocenters. The Bertz CT molecular complexity index is 842. The van der Waals surface area contributed by atoms with Crippen LogP contribution < -0.4 is 10.6 Å². The molecule has 1 fully saturated rings. The Labute approximate surface area is 169 Å². The van der Waals surface area contributed by atoms with Crippen molar-refractivity contribution in [3.63, 3.8) is 0 Å². The molecule has 2 aromatic rings. The second kappa shape index (κ2) is 9.86. The van der Waals surface area contributed by atoms with E-state index in [1.54, 1.807) is 23.2 Å². The van der Waals surface area contributed by atoms with E-state index in [9.17, 15) is 14.4 Å². The molecule has 0 saturated carbocycles. The summed E-state index contributed by atoms with van der Waals surface area (Å²) in [7, 11) is 0. The van der Waals surface area contributed by atoms with Gasteiger partial charge in [0.05, 0.1) is 6.26 Å². The highest BCUT2D eigenvalue weighted by atomic mass is 16.3. The third kappa shape index (κ3) is 5.91. The lowest BCUT2D eigenvalue weighted by Crippen LogP contribution is -2.41. The largest absolute Gasteiger partial charge is 0.459 e. The van der Waals surface area contributed by atoms with E-state index in [0.717, 1.165) is 5.56 Å². The van der Waals surface area contributed by atoms with Crippen LogP contribution in [0.2, 0.25) is 0 Å². The topological polar surface area (TPSA) is 105 Å². The van der Waals surface area contributed by atoms with Gasteiger partial charge in [0.2, 0.25) is 11.8 Å². The maximum atomic E-state index is 12.4. The average molecular weight is 398 g/mol. The van der Waals surface area contributed by atoms with Gasteiger partial charge in [-0.25, -0.2) is 4.98 Å². The van der Waals surface area contributed by atoms with Gasteiger partial charge in [-0.15, -0.1) is 0 Å².